The van der Waals surface area contributed by atoms with E-state index in [1.807, 2.05) is 12.3 Å². The van der Waals surface area contributed by atoms with Crippen molar-refractivity contribution < 1.29 is 4.39 Å². The first-order valence-corrected chi connectivity index (χ1v) is 9.02. The molecule has 0 amide bonds. The molecule has 0 unspecified atom stereocenters. The number of rotatable bonds is 4. The second-order valence-corrected chi connectivity index (χ2v) is 6.95. The normalized spacial score (nSPS) is 15.0. The molecule has 0 bridgehead atoms. The fourth-order valence-electron chi connectivity index (χ4n) is 3.58. The number of halogens is 1. The van der Waals surface area contributed by atoms with E-state index in [2.05, 4.69) is 24.8 Å². The summed E-state index contributed by atoms with van der Waals surface area (Å²) in [6.07, 6.45) is 6.93. The fourth-order valence-corrected chi connectivity index (χ4v) is 3.58. The van der Waals surface area contributed by atoms with Crippen LogP contribution in [0.1, 0.15) is 17.4 Å². The molecule has 0 atom stereocenters. The number of benzene rings is 1. The van der Waals surface area contributed by atoms with Gasteiger partial charge in [-0.1, -0.05) is 0 Å². The molecule has 0 spiro atoms. The number of fused-ring (bicyclic) bond motifs is 1. The molecule has 4 aromatic rings. The maximum absolute atomic E-state index is 13.2. The third-order valence-corrected chi connectivity index (χ3v) is 4.99. The van der Waals surface area contributed by atoms with E-state index < -0.39 is 0 Å². The van der Waals surface area contributed by atoms with Gasteiger partial charge in [-0.05, 0) is 30.3 Å². The van der Waals surface area contributed by atoms with Gasteiger partial charge in [-0.15, -0.1) is 0 Å². The Morgan fingerprint density at radius 2 is 1.86 bits per heavy atom. The van der Waals surface area contributed by atoms with Gasteiger partial charge in [0.2, 0.25) is 0 Å². The summed E-state index contributed by atoms with van der Waals surface area (Å²) < 4.78 is 15.0. The number of H-pyrrole nitrogens is 1. The molecule has 1 aromatic carbocycles. The van der Waals surface area contributed by atoms with Crippen LogP contribution >= 0.6 is 0 Å². The Morgan fingerprint density at radius 3 is 2.61 bits per heavy atom. The zero-order valence-electron chi connectivity index (χ0n) is 14.9. The zero-order chi connectivity index (χ0) is 19.1. The molecule has 7 nitrogen and oxygen atoms in total. The highest BCUT2D eigenvalue weighted by Crippen LogP contribution is 2.25. The summed E-state index contributed by atoms with van der Waals surface area (Å²) in [6.45, 7) is 2.31. The Bertz CT molecular complexity index is 1180. The lowest BCUT2D eigenvalue weighted by molar-refractivity contribution is 0.132. The van der Waals surface area contributed by atoms with Gasteiger partial charge in [0.1, 0.15) is 23.0 Å². The average molecular weight is 376 g/mol. The molecule has 1 N–H and O–H groups in total. The number of imidazole rings is 1. The molecule has 0 saturated carbocycles. The van der Waals surface area contributed by atoms with Crippen molar-refractivity contribution in [3.63, 3.8) is 0 Å². The van der Waals surface area contributed by atoms with Gasteiger partial charge in [0.15, 0.2) is 0 Å². The molecular formula is C20H17FN6O. The van der Waals surface area contributed by atoms with Crippen molar-refractivity contribution in [3.8, 4) is 11.4 Å². The molecule has 5 rings (SSSR count). The van der Waals surface area contributed by atoms with E-state index >= 15 is 0 Å². The third kappa shape index (κ3) is 2.97. The SMILES string of the molecule is O=c1[nH]c(CN2CC(c3ncccn3)C2)cn2c(-c3ccc(F)cc3)ncc12. The van der Waals surface area contributed by atoms with Gasteiger partial charge in [-0.25, -0.2) is 19.3 Å². The van der Waals surface area contributed by atoms with E-state index in [1.54, 1.807) is 28.9 Å². The number of nitrogens with zero attached hydrogens (tertiary/aromatic N) is 5. The second kappa shape index (κ2) is 6.65. The standard InChI is InChI=1S/C20H17FN6O/c21-15-4-2-13(3-5-15)19-24-8-17-20(28)25-16(12-27(17)19)11-26-9-14(10-26)18-22-6-1-7-23-18/h1-8,12,14H,9-11H2,(H,25,28). The fraction of sp³-hybridized carbons (Fsp3) is 0.200. The van der Waals surface area contributed by atoms with Gasteiger partial charge in [0.05, 0.1) is 6.20 Å². The Labute approximate surface area is 159 Å². The van der Waals surface area contributed by atoms with E-state index in [-0.39, 0.29) is 11.4 Å². The summed E-state index contributed by atoms with van der Waals surface area (Å²) in [5.74, 6) is 1.48. The molecule has 4 heterocycles. The van der Waals surface area contributed by atoms with Crippen LogP contribution in [-0.2, 0) is 6.54 Å². The Morgan fingerprint density at radius 1 is 1.11 bits per heavy atom. The Hall–Kier alpha value is -3.39. The summed E-state index contributed by atoms with van der Waals surface area (Å²) >= 11 is 0. The van der Waals surface area contributed by atoms with E-state index in [1.165, 1.54) is 18.3 Å². The van der Waals surface area contributed by atoms with Crippen LogP contribution in [0.2, 0.25) is 0 Å². The van der Waals surface area contributed by atoms with Crippen LogP contribution in [0.15, 0.2) is 59.9 Å². The van der Waals surface area contributed by atoms with Gasteiger partial charge in [-0.3, -0.25) is 14.1 Å². The molecule has 1 fully saturated rings. The minimum atomic E-state index is -0.308. The number of aromatic amines is 1. The van der Waals surface area contributed by atoms with Crippen molar-refractivity contribution >= 4 is 5.52 Å². The topological polar surface area (TPSA) is 79.2 Å². The number of hydrogen-bond acceptors (Lipinski definition) is 5. The zero-order valence-corrected chi connectivity index (χ0v) is 14.9. The van der Waals surface area contributed by atoms with E-state index in [0.717, 1.165) is 30.2 Å². The first kappa shape index (κ1) is 16.8. The van der Waals surface area contributed by atoms with Crippen molar-refractivity contribution in [3.05, 3.63) is 82.8 Å². The minimum Gasteiger partial charge on any atom is -0.322 e. The smallest absolute Gasteiger partial charge is 0.274 e. The van der Waals surface area contributed by atoms with E-state index in [0.29, 0.717) is 23.8 Å². The van der Waals surface area contributed by atoms with Gasteiger partial charge in [0, 0.05) is 55.4 Å². The van der Waals surface area contributed by atoms with Crippen molar-refractivity contribution in [2.45, 2.75) is 12.5 Å². The van der Waals surface area contributed by atoms with Crippen molar-refractivity contribution in [2.24, 2.45) is 0 Å². The van der Waals surface area contributed by atoms with Crippen molar-refractivity contribution in [1.82, 2.24) is 29.2 Å². The largest absolute Gasteiger partial charge is 0.322 e. The monoisotopic (exact) mass is 376 g/mol. The molecule has 140 valence electrons. The lowest BCUT2D eigenvalue weighted by Crippen LogP contribution is -2.45. The maximum Gasteiger partial charge on any atom is 0.274 e. The molecule has 1 aliphatic heterocycles. The van der Waals surface area contributed by atoms with Crippen molar-refractivity contribution in [2.75, 3.05) is 13.1 Å². The van der Waals surface area contributed by atoms with Crippen LogP contribution in [0.4, 0.5) is 4.39 Å². The molecule has 0 radical (unpaired) electrons. The lowest BCUT2D eigenvalue weighted by atomic mass is 9.99. The Kier molecular flexibility index (Phi) is 3.98. The molecule has 3 aromatic heterocycles. The highest BCUT2D eigenvalue weighted by molar-refractivity contribution is 5.61. The summed E-state index contributed by atoms with van der Waals surface area (Å²) in [6, 6.07) is 7.89. The van der Waals surface area contributed by atoms with E-state index in [9.17, 15) is 9.18 Å². The Balaban J connectivity index is 1.39. The third-order valence-electron chi connectivity index (χ3n) is 4.99. The highest BCUT2D eigenvalue weighted by Gasteiger charge is 2.30. The number of hydrogen-bond donors (Lipinski definition) is 1. The quantitative estimate of drug-likeness (QED) is 0.591. The average Bonchev–Trinajstić information content (AvgIpc) is 3.10. The highest BCUT2D eigenvalue weighted by atomic mass is 19.1. The minimum absolute atomic E-state index is 0.193. The number of nitrogens with one attached hydrogen (secondary N) is 1. The van der Waals surface area contributed by atoms with Crippen LogP contribution in [0.3, 0.4) is 0 Å². The van der Waals surface area contributed by atoms with Crippen LogP contribution in [0, 0.1) is 5.82 Å². The van der Waals surface area contributed by atoms with Gasteiger partial charge in [0.25, 0.3) is 5.56 Å². The number of aromatic nitrogens is 5. The van der Waals surface area contributed by atoms with Crippen LogP contribution < -0.4 is 5.56 Å². The maximum atomic E-state index is 13.2. The van der Waals surface area contributed by atoms with Gasteiger partial charge >= 0.3 is 0 Å². The first-order chi connectivity index (χ1) is 13.7. The molecule has 0 aliphatic carbocycles. The first-order valence-electron chi connectivity index (χ1n) is 9.02. The van der Waals surface area contributed by atoms with Gasteiger partial charge in [-0.2, -0.15) is 0 Å². The van der Waals surface area contributed by atoms with E-state index in [4.69, 9.17) is 0 Å². The van der Waals surface area contributed by atoms with Crippen LogP contribution in [0.5, 0.6) is 0 Å². The molecule has 1 saturated heterocycles. The lowest BCUT2D eigenvalue weighted by Gasteiger charge is -2.38. The predicted octanol–water partition coefficient (Wildman–Crippen LogP) is 2.22. The second-order valence-electron chi connectivity index (χ2n) is 6.95. The summed E-state index contributed by atoms with van der Waals surface area (Å²) in [4.78, 5) is 30.6. The molecule has 28 heavy (non-hydrogen) atoms. The summed E-state index contributed by atoms with van der Waals surface area (Å²) in [5.41, 5.74) is 1.82. The predicted molar refractivity (Wildman–Crippen MR) is 101 cm³/mol. The van der Waals surface area contributed by atoms with Gasteiger partial charge < -0.3 is 4.98 Å². The van der Waals surface area contributed by atoms with Crippen LogP contribution in [-0.4, -0.2) is 42.3 Å². The number of likely N-dealkylation sites (tertiary alicyclic amines) is 1. The summed E-state index contributed by atoms with van der Waals surface area (Å²) in [7, 11) is 0. The summed E-state index contributed by atoms with van der Waals surface area (Å²) in [5, 5.41) is 0. The van der Waals surface area contributed by atoms with Crippen molar-refractivity contribution in [1.29, 1.82) is 0 Å². The van der Waals surface area contributed by atoms with Crippen LogP contribution in [0.25, 0.3) is 16.9 Å². The molecule has 8 heteroatoms. The molecular weight excluding hydrogens is 359 g/mol. The molecule has 1 aliphatic rings.